The Bertz CT molecular complexity index is 1440. The molecular formula is C32H34ClN3O4. The van der Waals surface area contributed by atoms with E-state index in [1.54, 1.807) is 0 Å². The molecule has 3 aromatic carbocycles. The highest BCUT2D eigenvalue weighted by molar-refractivity contribution is 6.30. The molecule has 8 heteroatoms. The summed E-state index contributed by atoms with van der Waals surface area (Å²) in [7, 11) is 0. The largest absolute Gasteiger partial charge is 0.490 e. The van der Waals surface area contributed by atoms with E-state index in [1.165, 1.54) is 0 Å². The third-order valence-corrected chi connectivity index (χ3v) is 8.45. The number of benzene rings is 3. The number of rotatable bonds is 6. The second-order valence-electron chi connectivity index (χ2n) is 10.4. The number of carbonyl (C=O) groups excluding carboxylic acids is 2. The van der Waals surface area contributed by atoms with Crippen molar-refractivity contribution in [2.75, 3.05) is 50.8 Å². The Morgan fingerprint density at radius 3 is 2.33 bits per heavy atom. The van der Waals surface area contributed by atoms with Gasteiger partial charge in [0.25, 0.3) is 5.91 Å². The second kappa shape index (κ2) is 11.0. The fourth-order valence-electron chi connectivity index (χ4n) is 6.39. The highest BCUT2D eigenvalue weighted by Gasteiger charge is 2.48. The van der Waals surface area contributed by atoms with Crippen LogP contribution in [0.2, 0.25) is 5.02 Å². The molecule has 1 fully saturated rings. The lowest BCUT2D eigenvalue weighted by atomic mass is 9.75. The summed E-state index contributed by atoms with van der Waals surface area (Å²) >= 11 is 6.23. The van der Waals surface area contributed by atoms with E-state index in [2.05, 4.69) is 11.0 Å². The Labute approximate surface area is 240 Å². The van der Waals surface area contributed by atoms with Gasteiger partial charge in [-0.15, -0.1) is 0 Å². The molecule has 0 aromatic heterocycles. The first kappa shape index (κ1) is 26.5. The molecule has 0 bridgehead atoms. The molecule has 7 nitrogen and oxygen atoms in total. The molecule has 3 aliphatic heterocycles. The highest BCUT2D eigenvalue weighted by atomic mass is 35.5. The van der Waals surface area contributed by atoms with Crippen molar-refractivity contribution < 1.29 is 19.1 Å². The number of anilines is 1. The van der Waals surface area contributed by atoms with Crippen molar-refractivity contribution in [3.05, 3.63) is 87.9 Å². The van der Waals surface area contributed by atoms with Crippen molar-refractivity contribution in [3.63, 3.8) is 0 Å². The molecule has 0 spiro atoms. The molecule has 6 rings (SSSR count). The van der Waals surface area contributed by atoms with Crippen LogP contribution < -0.4 is 14.4 Å². The monoisotopic (exact) mass is 559 g/mol. The van der Waals surface area contributed by atoms with Crippen molar-refractivity contribution in [1.82, 2.24) is 9.80 Å². The molecule has 2 atom stereocenters. The van der Waals surface area contributed by atoms with E-state index in [9.17, 15) is 9.59 Å². The Balaban J connectivity index is 1.37. The lowest BCUT2D eigenvalue weighted by Crippen LogP contribution is -2.54. The Kier molecular flexibility index (Phi) is 7.32. The number of piperazine rings is 1. The fraction of sp³-hybridized carbons (Fsp3) is 0.375. The van der Waals surface area contributed by atoms with E-state index < -0.39 is 12.0 Å². The number of halogens is 1. The standard InChI is InChI=1S/C32H34ClN3O4/c1-3-39-27-18-21-12-13-36-30(26(21)20-28(27)40-4-2)29(24-10-5-6-11-25(24)31(36)37)32(38)35-16-14-34(15-17-35)23-9-7-8-22(33)19-23/h5-11,18-20,29-30H,3-4,12-17H2,1-2H3. The third kappa shape index (κ3) is 4.66. The molecule has 2 amide bonds. The van der Waals surface area contributed by atoms with Gasteiger partial charge >= 0.3 is 0 Å². The Morgan fingerprint density at radius 1 is 0.875 bits per heavy atom. The van der Waals surface area contributed by atoms with Crippen LogP contribution in [0.4, 0.5) is 5.69 Å². The second-order valence-corrected chi connectivity index (χ2v) is 10.9. The van der Waals surface area contributed by atoms with Gasteiger partial charge in [0.15, 0.2) is 11.5 Å². The molecule has 3 aromatic rings. The minimum Gasteiger partial charge on any atom is -0.490 e. The van der Waals surface area contributed by atoms with Gasteiger partial charge in [0.05, 0.1) is 25.2 Å². The summed E-state index contributed by atoms with van der Waals surface area (Å²) in [6.45, 7) is 8.11. The third-order valence-electron chi connectivity index (χ3n) is 8.22. The van der Waals surface area contributed by atoms with Gasteiger partial charge < -0.3 is 24.2 Å². The molecule has 0 saturated carbocycles. The molecule has 1 saturated heterocycles. The van der Waals surface area contributed by atoms with Crippen LogP contribution in [0, 0.1) is 0 Å². The first-order valence-corrected chi connectivity index (χ1v) is 14.5. The quantitative estimate of drug-likeness (QED) is 0.409. The van der Waals surface area contributed by atoms with Gasteiger partial charge in [-0.2, -0.15) is 0 Å². The first-order chi connectivity index (χ1) is 19.5. The zero-order valence-corrected chi connectivity index (χ0v) is 23.7. The predicted octanol–water partition coefficient (Wildman–Crippen LogP) is 5.32. The summed E-state index contributed by atoms with van der Waals surface area (Å²) < 4.78 is 11.9. The number of carbonyl (C=O) groups is 2. The van der Waals surface area contributed by atoms with Crippen LogP contribution in [-0.4, -0.2) is 67.6 Å². The van der Waals surface area contributed by atoms with Crippen LogP contribution in [-0.2, 0) is 11.2 Å². The predicted molar refractivity (Wildman–Crippen MR) is 156 cm³/mol. The van der Waals surface area contributed by atoms with Crippen LogP contribution in [0.25, 0.3) is 0 Å². The van der Waals surface area contributed by atoms with E-state index >= 15 is 0 Å². The Morgan fingerprint density at radius 2 is 1.60 bits per heavy atom. The maximum Gasteiger partial charge on any atom is 0.254 e. The SMILES string of the molecule is CCOc1cc2c(cc1OCC)C1C(C(=O)N3CCN(c4cccc(Cl)c4)CC3)c3ccccc3C(=O)N1CC2. The van der Waals surface area contributed by atoms with Gasteiger partial charge in [-0.05, 0) is 73.4 Å². The summed E-state index contributed by atoms with van der Waals surface area (Å²) in [6.07, 6.45) is 0.700. The highest BCUT2D eigenvalue weighted by Crippen LogP contribution is 2.49. The molecule has 40 heavy (non-hydrogen) atoms. The molecule has 0 N–H and O–H groups in total. The molecule has 2 unspecified atom stereocenters. The average molecular weight is 560 g/mol. The minimum atomic E-state index is -0.502. The number of hydrogen-bond donors (Lipinski definition) is 0. The van der Waals surface area contributed by atoms with Crippen LogP contribution in [0.15, 0.2) is 60.7 Å². The number of fused-ring (bicyclic) bond motifs is 4. The molecule has 3 heterocycles. The van der Waals surface area contributed by atoms with E-state index in [4.69, 9.17) is 21.1 Å². The lowest BCUT2D eigenvalue weighted by Gasteiger charge is -2.47. The lowest BCUT2D eigenvalue weighted by molar-refractivity contribution is -0.135. The zero-order valence-electron chi connectivity index (χ0n) is 22.9. The van der Waals surface area contributed by atoms with Crippen molar-refractivity contribution in [1.29, 1.82) is 0 Å². The van der Waals surface area contributed by atoms with Crippen LogP contribution in [0.5, 0.6) is 11.5 Å². The summed E-state index contributed by atoms with van der Waals surface area (Å²) in [4.78, 5) is 34.3. The van der Waals surface area contributed by atoms with Gasteiger partial charge in [-0.25, -0.2) is 0 Å². The number of nitrogens with zero attached hydrogens (tertiary/aromatic N) is 3. The number of hydrogen-bond acceptors (Lipinski definition) is 5. The topological polar surface area (TPSA) is 62.3 Å². The smallest absolute Gasteiger partial charge is 0.254 e. The maximum absolute atomic E-state index is 14.5. The number of ether oxygens (including phenoxy) is 2. The number of amides is 2. The van der Waals surface area contributed by atoms with E-state index in [-0.39, 0.29) is 11.8 Å². The van der Waals surface area contributed by atoms with E-state index in [0.717, 1.165) is 35.5 Å². The molecule has 3 aliphatic rings. The summed E-state index contributed by atoms with van der Waals surface area (Å²) in [5, 5.41) is 0.703. The molecular weight excluding hydrogens is 526 g/mol. The van der Waals surface area contributed by atoms with Crippen LogP contribution in [0.1, 0.15) is 52.9 Å². The summed E-state index contributed by atoms with van der Waals surface area (Å²) in [5.41, 5.74) is 4.56. The van der Waals surface area contributed by atoms with Gasteiger partial charge in [-0.3, -0.25) is 9.59 Å². The molecule has 208 valence electrons. The minimum absolute atomic E-state index is 0.0204. The van der Waals surface area contributed by atoms with Crippen molar-refractivity contribution in [3.8, 4) is 11.5 Å². The molecule has 0 radical (unpaired) electrons. The van der Waals surface area contributed by atoms with Crippen LogP contribution in [0.3, 0.4) is 0 Å². The summed E-state index contributed by atoms with van der Waals surface area (Å²) in [5.74, 6) is 0.892. The summed E-state index contributed by atoms with van der Waals surface area (Å²) in [6, 6.07) is 19.1. The van der Waals surface area contributed by atoms with E-state index in [1.807, 2.05) is 78.2 Å². The zero-order chi connectivity index (χ0) is 27.8. The van der Waals surface area contributed by atoms with Gasteiger partial charge in [0.2, 0.25) is 5.91 Å². The van der Waals surface area contributed by atoms with Crippen molar-refractivity contribution >= 4 is 29.1 Å². The normalized spacial score (nSPS) is 20.0. The average Bonchev–Trinajstić information content (AvgIpc) is 2.98. The van der Waals surface area contributed by atoms with E-state index in [0.29, 0.717) is 61.4 Å². The fourth-order valence-corrected chi connectivity index (χ4v) is 6.58. The van der Waals surface area contributed by atoms with Crippen molar-refractivity contribution in [2.24, 2.45) is 0 Å². The van der Waals surface area contributed by atoms with Gasteiger partial charge in [0, 0.05) is 49.0 Å². The maximum atomic E-state index is 14.5. The molecule has 0 aliphatic carbocycles. The van der Waals surface area contributed by atoms with Gasteiger partial charge in [0.1, 0.15) is 0 Å². The Hall–Kier alpha value is -3.71. The van der Waals surface area contributed by atoms with Crippen LogP contribution >= 0.6 is 11.6 Å². The van der Waals surface area contributed by atoms with Crippen molar-refractivity contribution in [2.45, 2.75) is 32.2 Å². The first-order valence-electron chi connectivity index (χ1n) is 14.1. The van der Waals surface area contributed by atoms with Gasteiger partial charge in [-0.1, -0.05) is 35.9 Å².